The van der Waals surface area contributed by atoms with Crippen molar-refractivity contribution in [2.24, 2.45) is 0 Å². The molecule has 2 aromatic carbocycles. The molecular formula is C20H23NO2. The standard InChI is InChI=1S/C20H23NO2/c1-16-7-5-6-8-17(16)15-19(22)23-20(11-13-21-14-12-20)18-9-3-2-4-10-18/h2-10,21H,11-15H2,1H3. The molecule has 1 N–H and O–H groups in total. The van der Waals surface area contributed by atoms with Gasteiger partial charge in [0.25, 0.3) is 0 Å². The van der Waals surface area contributed by atoms with Gasteiger partial charge in [-0.2, -0.15) is 0 Å². The highest BCUT2D eigenvalue weighted by Gasteiger charge is 2.37. The van der Waals surface area contributed by atoms with Crippen molar-refractivity contribution in [3.63, 3.8) is 0 Å². The number of hydrogen-bond acceptors (Lipinski definition) is 3. The highest BCUT2D eigenvalue weighted by molar-refractivity contribution is 5.73. The van der Waals surface area contributed by atoms with Gasteiger partial charge >= 0.3 is 5.97 Å². The first-order valence-corrected chi connectivity index (χ1v) is 8.22. The lowest BCUT2D eigenvalue weighted by molar-refractivity contribution is -0.163. The lowest BCUT2D eigenvalue weighted by atomic mass is 9.84. The number of hydrogen-bond donors (Lipinski definition) is 1. The van der Waals surface area contributed by atoms with Gasteiger partial charge in [-0.15, -0.1) is 0 Å². The maximum absolute atomic E-state index is 12.6. The zero-order valence-corrected chi connectivity index (χ0v) is 13.5. The SMILES string of the molecule is Cc1ccccc1CC(=O)OC1(c2ccccc2)CCNCC1. The van der Waals surface area contributed by atoms with Crippen molar-refractivity contribution in [2.45, 2.75) is 31.8 Å². The molecule has 2 aromatic rings. The van der Waals surface area contributed by atoms with Crippen LogP contribution in [0.25, 0.3) is 0 Å². The molecule has 3 nitrogen and oxygen atoms in total. The van der Waals surface area contributed by atoms with Crippen LogP contribution in [0.15, 0.2) is 54.6 Å². The summed E-state index contributed by atoms with van der Waals surface area (Å²) in [5.74, 6) is -0.148. The van der Waals surface area contributed by atoms with E-state index in [0.717, 1.165) is 42.6 Å². The third kappa shape index (κ3) is 3.62. The van der Waals surface area contributed by atoms with E-state index in [9.17, 15) is 4.79 Å². The van der Waals surface area contributed by atoms with E-state index in [1.54, 1.807) is 0 Å². The summed E-state index contributed by atoms with van der Waals surface area (Å²) in [4.78, 5) is 12.6. The Morgan fingerprint density at radius 1 is 1.04 bits per heavy atom. The molecule has 1 aliphatic heterocycles. The van der Waals surface area contributed by atoms with Gasteiger partial charge in [-0.05, 0) is 36.7 Å². The molecule has 23 heavy (non-hydrogen) atoms. The molecule has 0 bridgehead atoms. The molecule has 0 spiro atoms. The van der Waals surface area contributed by atoms with E-state index < -0.39 is 5.60 Å². The maximum Gasteiger partial charge on any atom is 0.311 e. The van der Waals surface area contributed by atoms with E-state index in [1.165, 1.54) is 0 Å². The summed E-state index contributed by atoms with van der Waals surface area (Å²) in [6.45, 7) is 3.76. The van der Waals surface area contributed by atoms with Gasteiger partial charge < -0.3 is 10.1 Å². The van der Waals surface area contributed by atoms with Crippen LogP contribution in [-0.4, -0.2) is 19.1 Å². The molecule has 0 atom stereocenters. The highest BCUT2D eigenvalue weighted by Crippen LogP contribution is 2.35. The number of ether oxygens (including phenoxy) is 1. The van der Waals surface area contributed by atoms with Gasteiger partial charge in [0.15, 0.2) is 0 Å². The Kier molecular flexibility index (Phi) is 4.77. The van der Waals surface area contributed by atoms with Crippen molar-refractivity contribution < 1.29 is 9.53 Å². The fourth-order valence-electron chi connectivity index (χ4n) is 3.24. The van der Waals surface area contributed by atoms with Crippen molar-refractivity contribution in [3.05, 3.63) is 71.3 Å². The van der Waals surface area contributed by atoms with E-state index in [1.807, 2.05) is 49.4 Å². The largest absolute Gasteiger partial charge is 0.454 e. The quantitative estimate of drug-likeness (QED) is 0.880. The normalized spacial score (nSPS) is 16.7. The zero-order chi connectivity index (χ0) is 16.1. The van der Waals surface area contributed by atoms with Crippen LogP contribution < -0.4 is 5.32 Å². The zero-order valence-electron chi connectivity index (χ0n) is 13.5. The summed E-state index contributed by atoms with van der Waals surface area (Å²) < 4.78 is 6.05. The number of carbonyl (C=O) groups is 1. The average Bonchev–Trinajstić information content (AvgIpc) is 2.58. The first-order valence-electron chi connectivity index (χ1n) is 8.22. The topological polar surface area (TPSA) is 38.3 Å². The summed E-state index contributed by atoms with van der Waals surface area (Å²) in [7, 11) is 0. The molecule has 0 saturated carbocycles. The molecule has 1 aliphatic rings. The molecule has 120 valence electrons. The third-order valence-corrected chi connectivity index (χ3v) is 4.62. The fraction of sp³-hybridized carbons (Fsp3) is 0.350. The monoisotopic (exact) mass is 309 g/mol. The smallest absolute Gasteiger partial charge is 0.311 e. The average molecular weight is 309 g/mol. The minimum atomic E-state index is -0.494. The minimum absolute atomic E-state index is 0.148. The number of aryl methyl sites for hydroxylation is 1. The van der Waals surface area contributed by atoms with E-state index in [0.29, 0.717) is 6.42 Å². The fourth-order valence-corrected chi connectivity index (χ4v) is 3.24. The summed E-state index contributed by atoms with van der Waals surface area (Å²) in [5, 5.41) is 3.35. The van der Waals surface area contributed by atoms with E-state index in [-0.39, 0.29) is 5.97 Å². The number of benzene rings is 2. The van der Waals surface area contributed by atoms with Crippen LogP contribution in [0, 0.1) is 6.92 Å². The highest BCUT2D eigenvalue weighted by atomic mass is 16.6. The van der Waals surface area contributed by atoms with Crippen molar-refractivity contribution in [1.82, 2.24) is 5.32 Å². The molecule has 0 radical (unpaired) electrons. The van der Waals surface area contributed by atoms with Gasteiger partial charge in [-0.1, -0.05) is 54.6 Å². The minimum Gasteiger partial charge on any atom is -0.454 e. The van der Waals surface area contributed by atoms with Gasteiger partial charge in [0, 0.05) is 12.8 Å². The predicted octanol–water partition coefficient (Wildman–Crippen LogP) is 3.36. The lowest BCUT2D eigenvalue weighted by Crippen LogP contribution is -2.43. The Labute approximate surface area is 137 Å². The van der Waals surface area contributed by atoms with Crippen LogP contribution in [0.5, 0.6) is 0 Å². The third-order valence-electron chi connectivity index (χ3n) is 4.62. The molecule has 1 fully saturated rings. The first-order chi connectivity index (χ1) is 11.2. The maximum atomic E-state index is 12.6. The molecule has 3 rings (SSSR count). The van der Waals surface area contributed by atoms with Crippen LogP contribution in [0.1, 0.15) is 29.5 Å². The van der Waals surface area contributed by atoms with Crippen molar-refractivity contribution in [1.29, 1.82) is 0 Å². The molecule has 3 heteroatoms. The summed E-state index contributed by atoms with van der Waals surface area (Å²) >= 11 is 0. The van der Waals surface area contributed by atoms with Crippen LogP contribution >= 0.6 is 0 Å². The van der Waals surface area contributed by atoms with E-state index in [4.69, 9.17) is 4.74 Å². The van der Waals surface area contributed by atoms with Crippen LogP contribution in [0.3, 0.4) is 0 Å². The Morgan fingerprint density at radius 3 is 2.39 bits per heavy atom. The van der Waals surface area contributed by atoms with Gasteiger partial charge in [0.2, 0.25) is 0 Å². The molecule has 0 unspecified atom stereocenters. The van der Waals surface area contributed by atoms with E-state index in [2.05, 4.69) is 17.4 Å². The summed E-state index contributed by atoms with van der Waals surface area (Å²) in [6.07, 6.45) is 1.96. The van der Waals surface area contributed by atoms with Crippen LogP contribution in [0.4, 0.5) is 0 Å². The van der Waals surface area contributed by atoms with Gasteiger partial charge in [-0.25, -0.2) is 0 Å². The summed E-state index contributed by atoms with van der Waals surface area (Å²) in [6, 6.07) is 18.1. The van der Waals surface area contributed by atoms with Gasteiger partial charge in [0.05, 0.1) is 6.42 Å². The summed E-state index contributed by atoms with van der Waals surface area (Å²) in [5.41, 5.74) is 2.77. The Bertz CT molecular complexity index is 660. The second-order valence-corrected chi connectivity index (χ2v) is 6.19. The molecule has 0 aliphatic carbocycles. The second kappa shape index (κ2) is 6.97. The van der Waals surface area contributed by atoms with Crippen molar-refractivity contribution in [3.8, 4) is 0 Å². The Morgan fingerprint density at radius 2 is 1.70 bits per heavy atom. The second-order valence-electron chi connectivity index (χ2n) is 6.19. The number of nitrogens with one attached hydrogen (secondary N) is 1. The van der Waals surface area contributed by atoms with Crippen molar-refractivity contribution in [2.75, 3.05) is 13.1 Å². The Balaban J connectivity index is 1.79. The Hall–Kier alpha value is -2.13. The molecule has 0 amide bonds. The molecule has 0 aromatic heterocycles. The van der Waals surface area contributed by atoms with Crippen LogP contribution in [0.2, 0.25) is 0 Å². The van der Waals surface area contributed by atoms with E-state index >= 15 is 0 Å². The molecule has 1 heterocycles. The number of esters is 1. The van der Waals surface area contributed by atoms with Gasteiger partial charge in [0.1, 0.15) is 5.60 Å². The van der Waals surface area contributed by atoms with Crippen LogP contribution in [-0.2, 0) is 21.6 Å². The number of rotatable bonds is 4. The van der Waals surface area contributed by atoms with Gasteiger partial charge in [-0.3, -0.25) is 4.79 Å². The number of piperidine rings is 1. The lowest BCUT2D eigenvalue weighted by Gasteiger charge is -2.37. The predicted molar refractivity (Wildman–Crippen MR) is 91.2 cm³/mol. The van der Waals surface area contributed by atoms with Crippen molar-refractivity contribution >= 4 is 5.97 Å². The first kappa shape index (κ1) is 15.8. The molecular weight excluding hydrogens is 286 g/mol. The number of carbonyl (C=O) groups excluding carboxylic acids is 1. The molecule has 1 saturated heterocycles.